The van der Waals surface area contributed by atoms with E-state index in [0.29, 0.717) is 5.69 Å². The van der Waals surface area contributed by atoms with Crippen molar-refractivity contribution in [3.05, 3.63) is 64.2 Å². The van der Waals surface area contributed by atoms with Crippen molar-refractivity contribution in [2.24, 2.45) is 0 Å². The maximum Gasteiger partial charge on any atom is 0.244 e. The molecule has 152 valence electrons. The summed E-state index contributed by atoms with van der Waals surface area (Å²) in [4.78, 5) is 12.9. The molecule has 0 bridgehead atoms. The summed E-state index contributed by atoms with van der Waals surface area (Å²) in [6, 6.07) is 10.2. The van der Waals surface area contributed by atoms with Gasteiger partial charge in [0.15, 0.2) is 0 Å². The van der Waals surface area contributed by atoms with E-state index in [-0.39, 0.29) is 11.9 Å². The number of benzene rings is 2. The van der Waals surface area contributed by atoms with Crippen molar-refractivity contribution in [3.8, 4) is 0 Å². The van der Waals surface area contributed by atoms with Crippen LogP contribution in [-0.2, 0) is 14.8 Å². The molecule has 0 aliphatic rings. The maximum atomic E-state index is 12.9. The number of carbonyl (C=O) groups is 1. The highest BCUT2D eigenvalue weighted by Gasteiger charge is 2.30. The van der Waals surface area contributed by atoms with Crippen molar-refractivity contribution in [3.63, 3.8) is 0 Å². The van der Waals surface area contributed by atoms with E-state index in [1.807, 2.05) is 39.8 Å². The predicted molar refractivity (Wildman–Crippen MR) is 115 cm³/mol. The van der Waals surface area contributed by atoms with Crippen LogP contribution >= 0.6 is 0 Å². The van der Waals surface area contributed by atoms with E-state index in [1.54, 1.807) is 19.1 Å². The van der Waals surface area contributed by atoms with E-state index < -0.39 is 16.1 Å². The lowest BCUT2D eigenvalue weighted by Gasteiger charge is -2.29. The summed E-state index contributed by atoms with van der Waals surface area (Å²) >= 11 is 0. The van der Waals surface area contributed by atoms with Crippen LogP contribution < -0.4 is 9.62 Å². The summed E-state index contributed by atoms with van der Waals surface area (Å²) in [5.41, 5.74) is 5.99. The van der Waals surface area contributed by atoms with E-state index in [1.165, 1.54) is 9.87 Å². The molecule has 1 N–H and O–H groups in total. The smallest absolute Gasteiger partial charge is 0.244 e. The first-order chi connectivity index (χ1) is 12.9. The van der Waals surface area contributed by atoms with Gasteiger partial charge in [0.05, 0.1) is 18.0 Å². The summed E-state index contributed by atoms with van der Waals surface area (Å²) in [6.07, 6.45) is 1.12. The summed E-state index contributed by atoms with van der Waals surface area (Å²) in [6.45, 7) is 11.6. The zero-order valence-electron chi connectivity index (χ0n) is 17.7. The van der Waals surface area contributed by atoms with Crippen molar-refractivity contribution in [2.45, 2.75) is 53.6 Å². The molecule has 0 fully saturated rings. The SMILES string of the molecule is Cc1ccc(N([C@@H](C)C(=O)N[C@@H](C)c2cc(C)c(C)cc2C)S(C)(=O)=O)cc1. The molecule has 0 saturated heterocycles. The minimum absolute atomic E-state index is 0.228. The Hall–Kier alpha value is -2.34. The maximum absolute atomic E-state index is 12.9. The highest BCUT2D eigenvalue weighted by Crippen LogP contribution is 2.24. The first-order valence-electron chi connectivity index (χ1n) is 9.36. The van der Waals surface area contributed by atoms with Gasteiger partial charge >= 0.3 is 0 Å². The van der Waals surface area contributed by atoms with Crippen molar-refractivity contribution in [1.29, 1.82) is 0 Å². The third-order valence-electron chi connectivity index (χ3n) is 5.08. The van der Waals surface area contributed by atoms with Crippen molar-refractivity contribution < 1.29 is 13.2 Å². The van der Waals surface area contributed by atoms with Gasteiger partial charge < -0.3 is 5.32 Å². The van der Waals surface area contributed by atoms with Crippen LogP contribution in [0.5, 0.6) is 0 Å². The normalized spacial score (nSPS) is 13.7. The van der Waals surface area contributed by atoms with Gasteiger partial charge in [0, 0.05) is 0 Å². The molecule has 0 saturated carbocycles. The van der Waals surface area contributed by atoms with Gasteiger partial charge in [-0.05, 0) is 75.9 Å². The molecule has 2 atom stereocenters. The lowest BCUT2D eigenvalue weighted by atomic mass is 9.96. The van der Waals surface area contributed by atoms with Gasteiger partial charge in [0.2, 0.25) is 15.9 Å². The summed E-state index contributed by atoms with van der Waals surface area (Å²) in [5.74, 6) is -0.337. The van der Waals surface area contributed by atoms with Crippen LogP contribution in [0.15, 0.2) is 36.4 Å². The van der Waals surface area contributed by atoms with Gasteiger partial charge in [-0.25, -0.2) is 8.42 Å². The first kappa shape index (κ1) is 22.0. The molecule has 0 unspecified atom stereocenters. The molecule has 0 aromatic heterocycles. The second-order valence-corrected chi connectivity index (χ2v) is 9.45. The fourth-order valence-corrected chi connectivity index (χ4v) is 4.54. The largest absolute Gasteiger partial charge is 0.348 e. The zero-order valence-corrected chi connectivity index (χ0v) is 18.5. The van der Waals surface area contributed by atoms with E-state index >= 15 is 0 Å². The van der Waals surface area contributed by atoms with E-state index in [0.717, 1.165) is 28.5 Å². The number of hydrogen-bond acceptors (Lipinski definition) is 3. The third-order valence-corrected chi connectivity index (χ3v) is 6.33. The van der Waals surface area contributed by atoms with Crippen LogP contribution in [0, 0.1) is 27.7 Å². The highest BCUT2D eigenvalue weighted by molar-refractivity contribution is 7.92. The van der Waals surface area contributed by atoms with Crippen LogP contribution in [0.1, 0.15) is 47.7 Å². The summed E-state index contributed by atoms with van der Waals surface area (Å²) in [5, 5.41) is 2.97. The van der Waals surface area contributed by atoms with Gasteiger partial charge in [-0.15, -0.1) is 0 Å². The van der Waals surface area contributed by atoms with Crippen molar-refractivity contribution >= 4 is 21.6 Å². The highest BCUT2D eigenvalue weighted by atomic mass is 32.2. The molecule has 0 aliphatic heterocycles. The van der Waals surface area contributed by atoms with Gasteiger partial charge in [0.25, 0.3) is 0 Å². The van der Waals surface area contributed by atoms with E-state index in [4.69, 9.17) is 0 Å². The Kier molecular flexibility index (Phi) is 6.55. The number of hydrogen-bond donors (Lipinski definition) is 1. The summed E-state index contributed by atoms with van der Waals surface area (Å²) < 4.78 is 26.0. The number of amides is 1. The molecule has 1 amide bonds. The average Bonchev–Trinajstić information content (AvgIpc) is 2.58. The number of sulfonamides is 1. The number of nitrogens with one attached hydrogen (secondary N) is 1. The minimum atomic E-state index is -3.62. The van der Waals surface area contributed by atoms with Crippen LogP contribution in [0.2, 0.25) is 0 Å². The monoisotopic (exact) mass is 402 g/mol. The minimum Gasteiger partial charge on any atom is -0.348 e. The lowest BCUT2D eigenvalue weighted by Crippen LogP contribution is -2.48. The molecular formula is C22H30N2O3S. The molecule has 2 rings (SSSR count). The molecular weight excluding hydrogens is 372 g/mol. The quantitative estimate of drug-likeness (QED) is 0.795. The van der Waals surface area contributed by atoms with E-state index in [9.17, 15) is 13.2 Å². The molecule has 0 radical (unpaired) electrons. The Bertz CT molecular complexity index is 966. The van der Waals surface area contributed by atoms with Crippen LogP contribution in [0.4, 0.5) is 5.69 Å². The Morgan fingerprint density at radius 2 is 1.46 bits per heavy atom. The topological polar surface area (TPSA) is 66.5 Å². The van der Waals surface area contributed by atoms with E-state index in [2.05, 4.69) is 24.4 Å². The zero-order chi connectivity index (χ0) is 21.2. The molecule has 0 aliphatic carbocycles. The van der Waals surface area contributed by atoms with Crippen LogP contribution in [0.25, 0.3) is 0 Å². The van der Waals surface area contributed by atoms with Gasteiger partial charge in [-0.1, -0.05) is 29.8 Å². The molecule has 2 aromatic carbocycles. The van der Waals surface area contributed by atoms with Crippen molar-refractivity contribution in [1.82, 2.24) is 5.32 Å². The predicted octanol–water partition coefficient (Wildman–Crippen LogP) is 3.95. The number of nitrogens with zero attached hydrogens (tertiary/aromatic N) is 1. The lowest BCUT2D eigenvalue weighted by molar-refractivity contribution is -0.122. The second-order valence-electron chi connectivity index (χ2n) is 7.59. The van der Waals surface area contributed by atoms with Gasteiger partial charge in [-0.3, -0.25) is 9.10 Å². The van der Waals surface area contributed by atoms with Crippen LogP contribution in [-0.4, -0.2) is 26.6 Å². The van der Waals surface area contributed by atoms with Gasteiger partial charge in [-0.2, -0.15) is 0 Å². The second kappa shape index (κ2) is 8.35. The number of anilines is 1. The Morgan fingerprint density at radius 3 is 2.00 bits per heavy atom. The molecule has 0 spiro atoms. The summed E-state index contributed by atoms with van der Waals surface area (Å²) in [7, 11) is -3.62. The Labute approximate surface area is 168 Å². The Balaban J connectivity index is 2.28. The first-order valence-corrected chi connectivity index (χ1v) is 11.2. The standard InChI is InChI=1S/C22H30N2O3S/c1-14-8-10-20(11-9-14)24(28(7,26)27)19(6)22(25)23-18(5)21-13-16(3)15(2)12-17(21)4/h8-13,18-19H,1-7H3,(H,23,25)/t18-,19-/m0/s1. The molecule has 2 aromatic rings. The third kappa shape index (κ3) is 4.93. The number of rotatable bonds is 6. The molecule has 6 heteroatoms. The molecule has 5 nitrogen and oxygen atoms in total. The Morgan fingerprint density at radius 1 is 0.929 bits per heavy atom. The number of carbonyl (C=O) groups excluding carboxylic acids is 1. The fraction of sp³-hybridized carbons (Fsp3) is 0.409. The molecule has 0 heterocycles. The fourth-order valence-electron chi connectivity index (χ4n) is 3.36. The average molecular weight is 403 g/mol. The number of aryl methyl sites for hydroxylation is 4. The van der Waals surface area contributed by atoms with Gasteiger partial charge in [0.1, 0.15) is 6.04 Å². The van der Waals surface area contributed by atoms with Crippen molar-refractivity contribution in [2.75, 3.05) is 10.6 Å². The molecule has 28 heavy (non-hydrogen) atoms. The van der Waals surface area contributed by atoms with Crippen LogP contribution in [0.3, 0.4) is 0 Å².